The van der Waals surface area contributed by atoms with Crippen molar-refractivity contribution in [3.63, 3.8) is 0 Å². The maximum absolute atomic E-state index is 12.5. The zero-order valence-corrected chi connectivity index (χ0v) is 16.4. The lowest BCUT2D eigenvalue weighted by atomic mass is 10.1. The number of aromatic nitrogens is 1. The number of rotatable bonds is 5. The molecule has 0 aliphatic heterocycles. The Morgan fingerprint density at radius 1 is 0.929 bits per heavy atom. The van der Waals surface area contributed by atoms with E-state index in [-0.39, 0.29) is 17.5 Å². The highest BCUT2D eigenvalue weighted by Gasteiger charge is 2.12. The Balaban J connectivity index is 1.66. The summed E-state index contributed by atoms with van der Waals surface area (Å²) in [5.41, 5.74) is 4.42. The van der Waals surface area contributed by atoms with E-state index in [0.717, 1.165) is 16.7 Å². The van der Waals surface area contributed by atoms with Crippen LogP contribution in [0.3, 0.4) is 0 Å². The molecule has 3 aromatic rings. The van der Waals surface area contributed by atoms with Crippen LogP contribution in [0.1, 0.15) is 37.5 Å². The molecule has 6 heteroatoms. The first kappa shape index (κ1) is 19.6. The third-order valence-electron chi connectivity index (χ3n) is 4.39. The van der Waals surface area contributed by atoms with Crippen LogP contribution >= 0.6 is 11.6 Å². The van der Waals surface area contributed by atoms with Gasteiger partial charge in [0.25, 0.3) is 11.8 Å². The van der Waals surface area contributed by atoms with Crippen LogP contribution in [0.4, 0.5) is 5.69 Å². The van der Waals surface area contributed by atoms with E-state index in [1.807, 2.05) is 44.2 Å². The van der Waals surface area contributed by atoms with Gasteiger partial charge in [0.2, 0.25) is 0 Å². The quantitative estimate of drug-likeness (QED) is 0.668. The number of hydrogen-bond donors (Lipinski definition) is 2. The lowest BCUT2D eigenvalue weighted by Crippen LogP contribution is -2.24. The summed E-state index contributed by atoms with van der Waals surface area (Å²) in [6.07, 6.45) is 1.45. The van der Waals surface area contributed by atoms with Gasteiger partial charge in [-0.25, -0.2) is 0 Å². The summed E-state index contributed by atoms with van der Waals surface area (Å²) in [6, 6.07) is 16.0. The molecule has 0 fully saturated rings. The number of anilines is 1. The number of hydrogen-bond acceptors (Lipinski definition) is 3. The average molecular weight is 394 g/mol. The summed E-state index contributed by atoms with van der Waals surface area (Å²) in [4.78, 5) is 28.9. The fourth-order valence-corrected chi connectivity index (χ4v) is 2.72. The molecule has 0 saturated carbocycles. The van der Waals surface area contributed by atoms with Crippen molar-refractivity contribution in [2.75, 3.05) is 5.32 Å². The van der Waals surface area contributed by atoms with Crippen molar-refractivity contribution in [3.05, 3.63) is 93.8 Å². The molecule has 0 aliphatic rings. The molecule has 0 atom stereocenters. The number of amides is 2. The van der Waals surface area contributed by atoms with Gasteiger partial charge in [0.05, 0.1) is 0 Å². The summed E-state index contributed by atoms with van der Waals surface area (Å²) in [5, 5.41) is 6.27. The summed E-state index contributed by atoms with van der Waals surface area (Å²) >= 11 is 5.86. The fraction of sp³-hybridized carbons (Fsp3) is 0.136. The van der Waals surface area contributed by atoms with Crippen molar-refractivity contribution in [3.8, 4) is 0 Å². The topological polar surface area (TPSA) is 71.1 Å². The Bertz CT molecular complexity index is 1020. The van der Waals surface area contributed by atoms with Crippen LogP contribution < -0.4 is 10.6 Å². The zero-order valence-electron chi connectivity index (χ0n) is 15.6. The van der Waals surface area contributed by atoms with E-state index in [2.05, 4.69) is 15.6 Å². The smallest absolute Gasteiger partial charge is 0.270 e. The van der Waals surface area contributed by atoms with Gasteiger partial charge in [-0.05, 0) is 66.9 Å². The van der Waals surface area contributed by atoms with Gasteiger partial charge in [-0.3, -0.25) is 14.6 Å². The molecule has 0 radical (unpaired) electrons. The molecule has 0 aliphatic carbocycles. The summed E-state index contributed by atoms with van der Waals surface area (Å²) in [7, 11) is 0. The molecule has 2 N–H and O–H groups in total. The Morgan fingerprint density at radius 3 is 2.39 bits per heavy atom. The van der Waals surface area contributed by atoms with E-state index >= 15 is 0 Å². The molecule has 0 bridgehead atoms. The number of pyridine rings is 1. The van der Waals surface area contributed by atoms with E-state index < -0.39 is 0 Å². The maximum atomic E-state index is 12.5. The van der Waals surface area contributed by atoms with E-state index in [1.54, 1.807) is 18.2 Å². The molecule has 0 spiro atoms. The molecule has 28 heavy (non-hydrogen) atoms. The monoisotopic (exact) mass is 393 g/mol. The largest absolute Gasteiger partial charge is 0.347 e. The van der Waals surface area contributed by atoms with Crippen molar-refractivity contribution in [1.82, 2.24) is 10.3 Å². The predicted octanol–water partition coefficient (Wildman–Crippen LogP) is 4.53. The summed E-state index contributed by atoms with van der Waals surface area (Å²) in [5.74, 6) is -0.645. The Morgan fingerprint density at radius 2 is 1.68 bits per heavy atom. The number of halogens is 1. The van der Waals surface area contributed by atoms with E-state index in [4.69, 9.17) is 11.6 Å². The average Bonchev–Trinajstić information content (AvgIpc) is 2.70. The van der Waals surface area contributed by atoms with Crippen LogP contribution in [-0.4, -0.2) is 16.8 Å². The van der Waals surface area contributed by atoms with Crippen molar-refractivity contribution < 1.29 is 9.59 Å². The van der Waals surface area contributed by atoms with E-state index in [0.29, 0.717) is 22.8 Å². The molecular formula is C22H20ClN3O2. The van der Waals surface area contributed by atoms with Crippen LogP contribution in [0.15, 0.2) is 60.8 Å². The first-order valence-electron chi connectivity index (χ1n) is 8.79. The van der Waals surface area contributed by atoms with Crippen LogP contribution in [-0.2, 0) is 6.54 Å². The number of benzene rings is 2. The summed E-state index contributed by atoms with van der Waals surface area (Å²) in [6.45, 7) is 4.34. The number of aryl methyl sites for hydroxylation is 2. The predicted molar refractivity (Wildman–Crippen MR) is 111 cm³/mol. The molecule has 0 saturated heterocycles. The SMILES string of the molecule is Cc1ccc(NC(=O)c2ccnc(C(=O)NCc3ccc(Cl)cc3)c2)cc1C. The lowest BCUT2D eigenvalue weighted by Gasteiger charge is -2.09. The fourth-order valence-electron chi connectivity index (χ4n) is 2.59. The molecule has 2 aromatic carbocycles. The van der Waals surface area contributed by atoms with Crippen LogP contribution in [0.2, 0.25) is 5.02 Å². The minimum atomic E-state index is -0.351. The highest BCUT2D eigenvalue weighted by atomic mass is 35.5. The molecule has 1 heterocycles. The molecular weight excluding hydrogens is 374 g/mol. The normalized spacial score (nSPS) is 10.4. The Kier molecular flexibility index (Phi) is 6.06. The zero-order chi connectivity index (χ0) is 20.1. The highest BCUT2D eigenvalue weighted by Crippen LogP contribution is 2.15. The van der Waals surface area contributed by atoms with Gasteiger partial charge in [-0.2, -0.15) is 0 Å². The van der Waals surface area contributed by atoms with Crippen LogP contribution in [0.5, 0.6) is 0 Å². The second kappa shape index (κ2) is 8.67. The number of carbonyl (C=O) groups excluding carboxylic acids is 2. The highest BCUT2D eigenvalue weighted by molar-refractivity contribution is 6.30. The third-order valence-corrected chi connectivity index (χ3v) is 4.64. The lowest BCUT2D eigenvalue weighted by molar-refractivity contribution is 0.0946. The van der Waals surface area contributed by atoms with Gasteiger partial charge in [-0.1, -0.05) is 29.8 Å². The molecule has 5 nitrogen and oxygen atoms in total. The van der Waals surface area contributed by atoms with Gasteiger partial charge in [0.15, 0.2) is 0 Å². The molecule has 2 amide bonds. The van der Waals surface area contributed by atoms with Crippen molar-refractivity contribution in [1.29, 1.82) is 0 Å². The maximum Gasteiger partial charge on any atom is 0.270 e. The second-order valence-electron chi connectivity index (χ2n) is 6.49. The van der Waals surface area contributed by atoms with Gasteiger partial charge in [0.1, 0.15) is 5.69 Å². The molecule has 142 valence electrons. The van der Waals surface area contributed by atoms with E-state index in [1.165, 1.54) is 12.3 Å². The molecule has 1 aromatic heterocycles. The molecule has 3 rings (SSSR count). The van der Waals surface area contributed by atoms with Gasteiger partial charge in [-0.15, -0.1) is 0 Å². The molecule has 0 unspecified atom stereocenters. The van der Waals surface area contributed by atoms with Crippen molar-refractivity contribution in [2.24, 2.45) is 0 Å². The standard InChI is InChI=1S/C22H20ClN3O2/c1-14-3-8-19(11-15(14)2)26-21(27)17-9-10-24-20(12-17)22(28)25-13-16-4-6-18(23)7-5-16/h3-12H,13H2,1-2H3,(H,25,28)(H,26,27). The summed E-state index contributed by atoms with van der Waals surface area (Å²) < 4.78 is 0. The number of nitrogens with one attached hydrogen (secondary N) is 2. The van der Waals surface area contributed by atoms with Gasteiger partial charge in [0, 0.05) is 29.0 Å². The Hall–Kier alpha value is -3.18. The minimum absolute atomic E-state index is 0.182. The van der Waals surface area contributed by atoms with Crippen LogP contribution in [0, 0.1) is 13.8 Å². The third kappa shape index (κ3) is 4.96. The van der Waals surface area contributed by atoms with Gasteiger partial charge >= 0.3 is 0 Å². The minimum Gasteiger partial charge on any atom is -0.347 e. The van der Waals surface area contributed by atoms with Crippen LogP contribution in [0.25, 0.3) is 0 Å². The van der Waals surface area contributed by atoms with E-state index in [9.17, 15) is 9.59 Å². The number of nitrogens with zero attached hydrogens (tertiary/aromatic N) is 1. The number of carbonyl (C=O) groups is 2. The first-order valence-corrected chi connectivity index (χ1v) is 9.17. The Labute approximate surface area is 168 Å². The second-order valence-corrected chi connectivity index (χ2v) is 6.93. The van der Waals surface area contributed by atoms with Crippen molar-refractivity contribution in [2.45, 2.75) is 20.4 Å². The first-order chi connectivity index (χ1) is 13.4. The van der Waals surface area contributed by atoms with Crippen molar-refractivity contribution >= 4 is 29.1 Å². The van der Waals surface area contributed by atoms with Gasteiger partial charge < -0.3 is 10.6 Å².